The topological polar surface area (TPSA) is 35.5 Å². The Morgan fingerprint density at radius 3 is 2.70 bits per heavy atom. The van der Waals surface area contributed by atoms with Crippen molar-refractivity contribution in [3.8, 4) is 5.75 Å². The number of hydrogen-bond acceptors (Lipinski definition) is 3. The third-order valence-electron chi connectivity index (χ3n) is 3.14. The fourth-order valence-electron chi connectivity index (χ4n) is 2.08. The zero-order chi connectivity index (χ0) is 15.0. The fraction of sp³-hybridized carbons (Fsp3) is 0.471. The summed E-state index contributed by atoms with van der Waals surface area (Å²) >= 11 is 0. The molecule has 1 atom stereocenters. The summed E-state index contributed by atoms with van der Waals surface area (Å²) in [5.74, 6) is 0.784. The lowest BCUT2D eigenvalue weighted by Crippen LogP contribution is -2.18. The number of rotatable bonds is 9. The molecule has 0 amide bonds. The Bertz CT molecular complexity index is 452. The van der Waals surface area contributed by atoms with Crippen molar-refractivity contribution in [2.45, 2.75) is 52.7 Å². The van der Waals surface area contributed by atoms with Crippen LogP contribution in [0.1, 0.15) is 55.5 Å². The molecule has 1 aromatic carbocycles. The van der Waals surface area contributed by atoms with Gasteiger partial charge >= 0.3 is 0 Å². The third kappa shape index (κ3) is 5.08. The average Bonchev–Trinajstić information content (AvgIpc) is 2.39. The van der Waals surface area contributed by atoms with Crippen LogP contribution in [-0.2, 0) is 4.74 Å². The number of aryl methyl sites for hydroxylation is 1. The minimum absolute atomic E-state index is 0.0656. The monoisotopic (exact) mass is 276 g/mol. The molecule has 0 fully saturated rings. The van der Waals surface area contributed by atoms with Gasteiger partial charge in [-0.15, -0.1) is 0 Å². The van der Waals surface area contributed by atoms with Crippen LogP contribution in [0.15, 0.2) is 31.0 Å². The van der Waals surface area contributed by atoms with Gasteiger partial charge in [-0.05, 0) is 44.0 Å². The van der Waals surface area contributed by atoms with Gasteiger partial charge in [-0.25, -0.2) is 0 Å². The molecule has 0 heterocycles. The number of Topliss-reactive ketones (excluding diaryl/α,β-unsaturated/α-hetero) is 1. The molecule has 0 N–H and O–H groups in total. The van der Waals surface area contributed by atoms with Crippen molar-refractivity contribution >= 4 is 5.78 Å². The summed E-state index contributed by atoms with van der Waals surface area (Å²) in [6.07, 6.45) is 5.29. The standard InChI is InChI=1S/C17H24O3/c1-5-7-8-9-17(19-6-2)20-15-10-11-16(14(4)18)13(3)12-15/h6,10-12,17H,2,5,7-9H2,1,3-4H3. The number of hydrogen-bond donors (Lipinski definition) is 0. The SMILES string of the molecule is C=COC(CCCCC)Oc1ccc(C(C)=O)c(C)c1. The van der Waals surface area contributed by atoms with E-state index in [1.165, 1.54) is 6.26 Å². The average molecular weight is 276 g/mol. The van der Waals surface area contributed by atoms with E-state index in [9.17, 15) is 4.79 Å². The second kappa shape index (κ2) is 8.41. The van der Waals surface area contributed by atoms with Crippen molar-refractivity contribution in [2.24, 2.45) is 0 Å². The van der Waals surface area contributed by atoms with Crippen molar-refractivity contribution in [3.63, 3.8) is 0 Å². The molecule has 0 aliphatic rings. The summed E-state index contributed by atoms with van der Waals surface area (Å²) in [4.78, 5) is 11.4. The van der Waals surface area contributed by atoms with E-state index in [0.29, 0.717) is 0 Å². The lowest BCUT2D eigenvalue weighted by molar-refractivity contribution is -0.0359. The summed E-state index contributed by atoms with van der Waals surface area (Å²) in [6.45, 7) is 9.21. The second-order valence-corrected chi connectivity index (χ2v) is 4.88. The van der Waals surface area contributed by atoms with Crippen molar-refractivity contribution in [1.29, 1.82) is 0 Å². The van der Waals surface area contributed by atoms with Gasteiger partial charge in [0.25, 0.3) is 0 Å². The van der Waals surface area contributed by atoms with Gasteiger partial charge in [-0.1, -0.05) is 26.3 Å². The molecule has 3 heteroatoms. The fourth-order valence-corrected chi connectivity index (χ4v) is 2.08. The Morgan fingerprint density at radius 2 is 2.15 bits per heavy atom. The van der Waals surface area contributed by atoms with Gasteiger partial charge in [0.05, 0.1) is 6.26 Å². The zero-order valence-electron chi connectivity index (χ0n) is 12.6. The van der Waals surface area contributed by atoms with Crippen LogP contribution in [-0.4, -0.2) is 12.1 Å². The van der Waals surface area contributed by atoms with E-state index in [2.05, 4.69) is 13.5 Å². The van der Waals surface area contributed by atoms with Crippen LogP contribution < -0.4 is 4.74 Å². The number of carbonyl (C=O) groups excluding carboxylic acids is 1. The second-order valence-electron chi connectivity index (χ2n) is 4.88. The normalized spacial score (nSPS) is 11.8. The van der Waals surface area contributed by atoms with E-state index in [-0.39, 0.29) is 12.1 Å². The molecule has 3 nitrogen and oxygen atoms in total. The Labute approximate surface area is 121 Å². The Kier molecular flexibility index (Phi) is 6.85. The maximum atomic E-state index is 11.4. The van der Waals surface area contributed by atoms with E-state index < -0.39 is 0 Å². The van der Waals surface area contributed by atoms with Gasteiger partial charge in [0, 0.05) is 12.0 Å². The van der Waals surface area contributed by atoms with Gasteiger partial charge in [0.15, 0.2) is 5.78 Å². The molecule has 1 unspecified atom stereocenters. The number of benzene rings is 1. The molecular formula is C17H24O3. The molecule has 0 spiro atoms. The molecule has 0 bridgehead atoms. The Morgan fingerprint density at radius 1 is 1.40 bits per heavy atom. The van der Waals surface area contributed by atoms with Crippen LogP contribution in [0.3, 0.4) is 0 Å². The molecule has 110 valence electrons. The van der Waals surface area contributed by atoms with Gasteiger partial charge in [0.1, 0.15) is 5.75 Å². The summed E-state index contributed by atoms with van der Waals surface area (Å²) in [6, 6.07) is 5.48. The van der Waals surface area contributed by atoms with E-state index in [4.69, 9.17) is 9.47 Å². The highest BCUT2D eigenvalue weighted by atomic mass is 16.7. The predicted molar refractivity (Wildman–Crippen MR) is 81.0 cm³/mol. The Balaban J connectivity index is 2.70. The lowest BCUT2D eigenvalue weighted by atomic mass is 10.1. The van der Waals surface area contributed by atoms with Crippen molar-refractivity contribution in [3.05, 3.63) is 42.2 Å². The minimum Gasteiger partial charge on any atom is -0.463 e. The number of ketones is 1. The first-order valence-electron chi connectivity index (χ1n) is 7.13. The van der Waals surface area contributed by atoms with E-state index >= 15 is 0 Å². The molecule has 0 aliphatic carbocycles. The van der Waals surface area contributed by atoms with Crippen LogP contribution >= 0.6 is 0 Å². The highest BCUT2D eigenvalue weighted by molar-refractivity contribution is 5.95. The van der Waals surface area contributed by atoms with Crippen molar-refractivity contribution in [2.75, 3.05) is 0 Å². The first-order valence-corrected chi connectivity index (χ1v) is 7.13. The van der Waals surface area contributed by atoms with Crippen molar-refractivity contribution < 1.29 is 14.3 Å². The van der Waals surface area contributed by atoms with Crippen LogP contribution in [0.2, 0.25) is 0 Å². The van der Waals surface area contributed by atoms with Crippen LogP contribution in [0.4, 0.5) is 0 Å². The maximum absolute atomic E-state index is 11.4. The van der Waals surface area contributed by atoms with Crippen LogP contribution in [0.25, 0.3) is 0 Å². The quantitative estimate of drug-likeness (QED) is 0.285. The molecule has 20 heavy (non-hydrogen) atoms. The van der Waals surface area contributed by atoms with Crippen LogP contribution in [0.5, 0.6) is 5.75 Å². The highest BCUT2D eigenvalue weighted by Gasteiger charge is 2.11. The minimum atomic E-state index is -0.318. The van der Waals surface area contributed by atoms with Crippen LogP contribution in [0, 0.1) is 6.92 Å². The molecule has 0 saturated heterocycles. The molecular weight excluding hydrogens is 252 g/mol. The summed E-state index contributed by atoms with van der Waals surface area (Å²) in [7, 11) is 0. The maximum Gasteiger partial charge on any atom is 0.240 e. The van der Waals surface area contributed by atoms with Gasteiger partial charge in [-0.3, -0.25) is 4.79 Å². The Hall–Kier alpha value is -1.77. The molecule has 0 aromatic heterocycles. The summed E-state index contributed by atoms with van der Waals surface area (Å²) in [5, 5.41) is 0. The predicted octanol–water partition coefficient (Wildman–Crippen LogP) is 4.64. The first-order chi connectivity index (χ1) is 9.58. The smallest absolute Gasteiger partial charge is 0.240 e. The number of unbranched alkanes of at least 4 members (excludes halogenated alkanes) is 2. The molecule has 0 aliphatic heterocycles. The first kappa shape index (κ1) is 16.3. The number of carbonyl (C=O) groups is 1. The van der Waals surface area contributed by atoms with Gasteiger partial charge < -0.3 is 9.47 Å². The summed E-state index contributed by atoms with van der Waals surface area (Å²) < 4.78 is 11.2. The van der Waals surface area contributed by atoms with Crippen molar-refractivity contribution in [1.82, 2.24) is 0 Å². The largest absolute Gasteiger partial charge is 0.463 e. The molecule has 0 saturated carbocycles. The highest BCUT2D eigenvalue weighted by Crippen LogP contribution is 2.21. The van der Waals surface area contributed by atoms with E-state index in [1.807, 2.05) is 19.1 Å². The molecule has 1 aromatic rings. The number of ether oxygens (including phenoxy) is 2. The molecule has 1 rings (SSSR count). The van der Waals surface area contributed by atoms with Gasteiger partial charge in [0.2, 0.25) is 6.29 Å². The summed E-state index contributed by atoms with van der Waals surface area (Å²) in [5.41, 5.74) is 1.64. The molecule has 0 radical (unpaired) electrons. The van der Waals surface area contributed by atoms with Gasteiger partial charge in [-0.2, -0.15) is 0 Å². The third-order valence-corrected chi connectivity index (χ3v) is 3.14. The lowest BCUT2D eigenvalue weighted by Gasteiger charge is -2.19. The zero-order valence-corrected chi connectivity index (χ0v) is 12.6. The van der Waals surface area contributed by atoms with E-state index in [1.54, 1.807) is 13.0 Å². The van der Waals surface area contributed by atoms with E-state index in [0.717, 1.165) is 42.6 Å².